The number of alkyl carbamates (subject to hydrolysis) is 1. The maximum atomic E-state index is 11.9. The molecule has 0 aliphatic heterocycles. The largest absolute Gasteiger partial charge is 0.443 e. The van der Waals surface area contributed by atoms with E-state index in [1.54, 1.807) is 7.11 Å². The zero-order valence-electron chi connectivity index (χ0n) is 15.7. The van der Waals surface area contributed by atoms with Crippen LogP contribution in [-0.4, -0.2) is 43.3 Å². The number of hydrogen-bond donors (Lipinski definition) is 1. The van der Waals surface area contributed by atoms with Gasteiger partial charge in [0.15, 0.2) is 0 Å². The fraction of sp³-hybridized carbons (Fsp3) is 0.500. The van der Waals surface area contributed by atoms with E-state index in [0.717, 1.165) is 11.1 Å². The average Bonchev–Trinajstić information content (AvgIpc) is 2.67. The van der Waals surface area contributed by atoms with Crippen LogP contribution >= 0.6 is 11.6 Å². The zero-order chi connectivity index (χ0) is 19.8. The summed E-state index contributed by atoms with van der Waals surface area (Å²) in [5.74, 6) is -1.04. The molecule has 1 aliphatic carbocycles. The van der Waals surface area contributed by atoms with Gasteiger partial charge in [-0.2, -0.15) is 0 Å². The molecule has 0 radical (unpaired) electrons. The highest BCUT2D eigenvalue weighted by Gasteiger charge is 2.41. The Balaban J connectivity index is 2.01. The third kappa shape index (κ3) is 6.06. The van der Waals surface area contributed by atoms with Crippen molar-refractivity contribution in [3.05, 3.63) is 48.0 Å². The molecule has 7 heteroatoms. The van der Waals surface area contributed by atoms with Gasteiger partial charge in [-0.1, -0.05) is 42.5 Å². The molecule has 148 valence electrons. The topological polar surface area (TPSA) is 73.9 Å². The maximum absolute atomic E-state index is 11.9. The van der Waals surface area contributed by atoms with E-state index in [-0.39, 0.29) is 17.9 Å². The van der Waals surface area contributed by atoms with Crippen molar-refractivity contribution in [2.75, 3.05) is 13.0 Å². The molecule has 0 spiro atoms. The Morgan fingerprint density at radius 1 is 1.33 bits per heavy atom. The van der Waals surface area contributed by atoms with Gasteiger partial charge in [-0.05, 0) is 25.3 Å². The third-order valence-corrected chi connectivity index (χ3v) is 4.94. The van der Waals surface area contributed by atoms with Gasteiger partial charge in [0.1, 0.15) is 18.1 Å². The number of nitrogens with one attached hydrogen (secondary N) is 1. The van der Waals surface area contributed by atoms with Crippen LogP contribution in [0.15, 0.2) is 42.5 Å². The number of halogens is 1. The maximum Gasteiger partial charge on any atom is 0.414 e. The molecule has 0 saturated heterocycles. The second-order valence-electron chi connectivity index (χ2n) is 6.55. The molecule has 4 atom stereocenters. The van der Waals surface area contributed by atoms with Crippen molar-refractivity contribution in [1.82, 2.24) is 5.32 Å². The van der Waals surface area contributed by atoms with Crippen LogP contribution < -0.4 is 5.32 Å². The van der Waals surface area contributed by atoms with Crippen LogP contribution in [0.2, 0.25) is 0 Å². The van der Waals surface area contributed by atoms with E-state index in [4.69, 9.17) is 25.8 Å². The molecule has 0 aromatic heterocycles. The van der Waals surface area contributed by atoms with Crippen LogP contribution in [0, 0.1) is 5.92 Å². The lowest BCUT2D eigenvalue weighted by Crippen LogP contribution is -2.48. The molecule has 6 nitrogen and oxygen atoms in total. The molecule has 1 saturated carbocycles. The quantitative estimate of drug-likeness (QED) is 0.565. The first kappa shape index (κ1) is 21.4. The zero-order valence-corrected chi connectivity index (χ0v) is 16.4. The molecule has 0 bridgehead atoms. The normalized spacial score (nSPS) is 23.5. The Morgan fingerprint density at radius 2 is 2.04 bits per heavy atom. The summed E-state index contributed by atoms with van der Waals surface area (Å²) in [6.45, 7) is 6.59. The summed E-state index contributed by atoms with van der Waals surface area (Å²) in [5, 5.41) is 2.08. The molecule has 2 rings (SSSR count). The van der Waals surface area contributed by atoms with E-state index in [1.807, 2.05) is 37.3 Å². The number of carbonyl (C=O) groups is 2. The van der Waals surface area contributed by atoms with Gasteiger partial charge in [-0.15, -0.1) is 11.6 Å². The van der Waals surface area contributed by atoms with E-state index in [0.29, 0.717) is 19.4 Å². The molecule has 0 heterocycles. The Bertz CT molecular complexity index is 651. The van der Waals surface area contributed by atoms with Crippen molar-refractivity contribution in [2.45, 2.75) is 44.7 Å². The van der Waals surface area contributed by atoms with Crippen LogP contribution in [-0.2, 0) is 25.6 Å². The summed E-state index contributed by atoms with van der Waals surface area (Å²) in [7, 11) is 1.57. The number of rotatable bonds is 7. The predicted molar refractivity (Wildman–Crippen MR) is 102 cm³/mol. The standard InChI is InChI=1S/C20H26ClNO5/c1-13-9-10-16(27-20(24)22-17(23)11-21)19(25-3)18(13)14(2)26-12-15-7-5-4-6-8-15/h4-8,14,16,18-19H,1,9-12H2,2-3H3,(H,22,23,24)/t14-,16+,18-,19+/m0/s1. The van der Waals surface area contributed by atoms with Gasteiger partial charge in [-0.3, -0.25) is 10.1 Å². The molecule has 1 fully saturated rings. The van der Waals surface area contributed by atoms with E-state index < -0.39 is 24.2 Å². The average molecular weight is 396 g/mol. The molecule has 1 N–H and O–H groups in total. The fourth-order valence-corrected chi connectivity index (χ4v) is 3.43. The van der Waals surface area contributed by atoms with Gasteiger partial charge in [0.05, 0.1) is 12.7 Å². The Hall–Kier alpha value is -1.89. The summed E-state index contributed by atoms with van der Waals surface area (Å²) in [5.41, 5.74) is 2.08. The SMILES string of the molecule is C=C1CC[C@@H](OC(=O)NC(=O)CCl)[C@@H](OC)[C@@H]1[C@H](C)OCc1ccccc1. The molecule has 27 heavy (non-hydrogen) atoms. The van der Waals surface area contributed by atoms with Gasteiger partial charge >= 0.3 is 6.09 Å². The number of ether oxygens (including phenoxy) is 3. The van der Waals surface area contributed by atoms with Gasteiger partial charge in [-0.25, -0.2) is 4.79 Å². The molecule has 2 amide bonds. The smallest absolute Gasteiger partial charge is 0.414 e. The number of alkyl halides is 1. The van der Waals surface area contributed by atoms with E-state index in [9.17, 15) is 9.59 Å². The molecule has 1 aromatic carbocycles. The summed E-state index contributed by atoms with van der Waals surface area (Å²) < 4.78 is 17.1. The first-order valence-electron chi connectivity index (χ1n) is 8.88. The number of benzene rings is 1. The minimum atomic E-state index is -0.822. The Kier molecular flexibility index (Phi) is 8.28. The second kappa shape index (κ2) is 10.4. The number of amides is 2. The van der Waals surface area contributed by atoms with Crippen molar-refractivity contribution in [3.8, 4) is 0 Å². The molecule has 1 aliphatic rings. The van der Waals surface area contributed by atoms with Crippen molar-refractivity contribution < 1.29 is 23.8 Å². The number of methoxy groups -OCH3 is 1. The minimum Gasteiger partial charge on any atom is -0.443 e. The lowest BCUT2D eigenvalue weighted by molar-refractivity contribution is -0.119. The van der Waals surface area contributed by atoms with Crippen LogP contribution in [0.5, 0.6) is 0 Å². The first-order chi connectivity index (χ1) is 13.0. The monoisotopic (exact) mass is 395 g/mol. The van der Waals surface area contributed by atoms with Gasteiger partial charge in [0.25, 0.3) is 0 Å². The predicted octanol–water partition coefficient (Wildman–Crippen LogP) is 3.43. The fourth-order valence-electron chi connectivity index (χ4n) is 3.37. The molecular weight excluding hydrogens is 370 g/mol. The Morgan fingerprint density at radius 3 is 2.67 bits per heavy atom. The molecule has 0 unspecified atom stereocenters. The lowest BCUT2D eigenvalue weighted by Gasteiger charge is -2.40. The molecular formula is C20H26ClNO5. The van der Waals surface area contributed by atoms with Gasteiger partial charge in [0.2, 0.25) is 5.91 Å². The van der Waals surface area contributed by atoms with Crippen molar-refractivity contribution >= 4 is 23.6 Å². The first-order valence-corrected chi connectivity index (χ1v) is 9.42. The summed E-state index contributed by atoms with van der Waals surface area (Å²) >= 11 is 5.39. The summed E-state index contributed by atoms with van der Waals surface area (Å²) in [4.78, 5) is 23.1. The second-order valence-corrected chi connectivity index (χ2v) is 6.82. The highest BCUT2D eigenvalue weighted by Crippen LogP contribution is 2.36. The summed E-state index contributed by atoms with van der Waals surface area (Å²) in [6, 6.07) is 9.89. The number of imide groups is 1. The van der Waals surface area contributed by atoms with E-state index in [2.05, 4.69) is 11.9 Å². The van der Waals surface area contributed by atoms with Crippen molar-refractivity contribution in [3.63, 3.8) is 0 Å². The van der Waals surface area contributed by atoms with Crippen LogP contribution in [0.4, 0.5) is 4.79 Å². The number of carbonyl (C=O) groups excluding carboxylic acids is 2. The van der Waals surface area contributed by atoms with Crippen molar-refractivity contribution in [1.29, 1.82) is 0 Å². The van der Waals surface area contributed by atoms with Crippen LogP contribution in [0.3, 0.4) is 0 Å². The minimum absolute atomic E-state index is 0.131. The third-order valence-electron chi connectivity index (χ3n) is 4.70. The summed E-state index contributed by atoms with van der Waals surface area (Å²) in [6.07, 6.45) is -0.657. The van der Waals surface area contributed by atoms with E-state index in [1.165, 1.54) is 0 Å². The molecule has 1 aromatic rings. The van der Waals surface area contributed by atoms with E-state index >= 15 is 0 Å². The van der Waals surface area contributed by atoms with Crippen LogP contribution in [0.25, 0.3) is 0 Å². The highest BCUT2D eigenvalue weighted by molar-refractivity contribution is 6.28. The van der Waals surface area contributed by atoms with Crippen molar-refractivity contribution in [2.24, 2.45) is 5.92 Å². The highest BCUT2D eigenvalue weighted by atomic mass is 35.5. The lowest BCUT2D eigenvalue weighted by atomic mass is 9.78. The number of hydrogen-bond acceptors (Lipinski definition) is 5. The van der Waals surface area contributed by atoms with Gasteiger partial charge < -0.3 is 14.2 Å². The Labute approximate surface area is 164 Å². The van der Waals surface area contributed by atoms with Crippen LogP contribution in [0.1, 0.15) is 25.3 Å². The van der Waals surface area contributed by atoms with Gasteiger partial charge in [0, 0.05) is 13.0 Å².